The first-order chi connectivity index (χ1) is 10.1. The van der Waals surface area contributed by atoms with Crippen molar-refractivity contribution in [3.05, 3.63) is 42.1 Å². The van der Waals surface area contributed by atoms with Crippen LogP contribution in [0.5, 0.6) is 0 Å². The average molecular weight is 284 g/mol. The van der Waals surface area contributed by atoms with E-state index in [-0.39, 0.29) is 18.2 Å². The van der Waals surface area contributed by atoms with Crippen LogP contribution >= 0.6 is 0 Å². The van der Waals surface area contributed by atoms with Crippen molar-refractivity contribution in [2.75, 3.05) is 13.1 Å². The summed E-state index contributed by atoms with van der Waals surface area (Å²) in [5, 5.41) is 9.68. The highest BCUT2D eigenvalue weighted by atomic mass is 16.4. The van der Waals surface area contributed by atoms with E-state index in [1.165, 1.54) is 0 Å². The van der Waals surface area contributed by atoms with Gasteiger partial charge in [-0.2, -0.15) is 0 Å². The monoisotopic (exact) mass is 284 g/mol. The lowest BCUT2D eigenvalue weighted by Gasteiger charge is -2.17. The highest BCUT2D eigenvalue weighted by Crippen LogP contribution is 2.24. The van der Waals surface area contributed by atoms with Crippen molar-refractivity contribution < 1.29 is 14.7 Å². The third-order valence-corrected chi connectivity index (χ3v) is 3.92. The van der Waals surface area contributed by atoms with Crippen LogP contribution in [0.15, 0.2) is 36.5 Å². The number of fused-ring (bicyclic) bond motifs is 1. The zero-order valence-electron chi connectivity index (χ0n) is 11.5. The van der Waals surface area contributed by atoms with E-state index in [1.54, 1.807) is 17.2 Å². The second kappa shape index (κ2) is 5.52. The Bertz CT molecular complexity index is 693. The Morgan fingerprint density at radius 2 is 2.10 bits per heavy atom. The molecule has 1 aliphatic heterocycles. The highest BCUT2D eigenvalue weighted by Gasteiger charge is 2.29. The maximum absolute atomic E-state index is 12.6. The number of pyridine rings is 1. The van der Waals surface area contributed by atoms with Crippen molar-refractivity contribution in [1.29, 1.82) is 0 Å². The Morgan fingerprint density at radius 1 is 1.29 bits per heavy atom. The standard InChI is InChI=1S/C16H16N2O3/c19-15(20)9-11-6-8-18(10-11)16(21)13-5-7-17-14-4-2-1-3-12(13)14/h1-5,7,11H,6,8-10H2,(H,19,20). The molecule has 1 aromatic carbocycles. The van der Waals surface area contributed by atoms with Gasteiger partial charge in [-0.3, -0.25) is 14.6 Å². The normalized spacial score (nSPS) is 18.1. The summed E-state index contributed by atoms with van der Waals surface area (Å²) in [7, 11) is 0. The van der Waals surface area contributed by atoms with Crippen molar-refractivity contribution in [2.24, 2.45) is 5.92 Å². The predicted octanol–water partition coefficient (Wildman–Crippen LogP) is 2.17. The first-order valence-electron chi connectivity index (χ1n) is 7.00. The Kier molecular flexibility index (Phi) is 3.56. The fraction of sp³-hybridized carbons (Fsp3) is 0.312. The van der Waals surface area contributed by atoms with Crippen LogP contribution in [0.3, 0.4) is 0 Å². The second-order valence-corrected chi connectivity index (χ2v) is 5.38. The van der Waals surface area contributed by atoms with E-state index >= 15 is 0 Å². The van der Waals surface area contributed by atoms with E-state index in [2.05, 4.69) is 4.98 Å². The molecule has 0 radical (unpaired) electrons. The number of rotatable bonds is 3. The molecule has 5 heteroatoms. The zero-order valence-corrected chi connectivity index (χ0v) is 11.5. The molecule has 1 unspecified atom stereocenters. The van der Waals surface area contributed by atoms with Crippen molar-refractivity contribution in [3.63, 3.8) is 0 Å². The van der Waals surface area contributed by atoms with Crippen LogP contribution in [-0.2, 0) is 4.79 Å². The molecule has 21 heavy (non-hydrogen) atoms. The lowest BCUT2D eigenvalue weighted by atomic mass is 10.1. The van der Waals surface area contributed by atoms with Crippen LogP contribution in [0, 0.1) is 5.92 Å². The average Bonchev–Trinajstić information content (AvgIpc) is 2.93. The quantitative estimate of drug-likeness (QED) is 0.937. The van der Waals surface area contributed by atoms with Crippen LogP contribution in [-0.4, -0.2) is 40.0 Å². The predicted molar refractivity (Wildman–Crippen MR) is 78.0 cm³/mol. The molecule has 5 nitrogen and oxygen atoms in total. The molecular formula is C16H16N2O3. The van der Waals surface area contributed by atoms with E-state index in [4.69, 9.17) is 5.11 Å². The van der Waals surface area contributed by atoms with Crippen molar-refractivity contribution in [3.8, 4) is 0 Å². The summed E-state index contributed by atoms with van der Waals surface area (Å²) in [6, 6.07) is 9.28. The van der Waals surface area contributed by atoms with Crippen molar-refractivity contribution in [2.45, 2.75) is 12.8 Å². The van der Waals surface area contributed by atoms with E-state index in [1.807, 2.05) is 24.3 Å². The molecule has 1 aliphatic rings. The number of hydrogen-bond acceptors (Lipinski definition) is 3. The van der Waals surface area contributed by atoms with Gasteiger partial charge < -0.3 is 10.0 Å². The molecule has 0 bridgehead atoms. The molecule has 1 N–H and O–H groups in total. The first-order valence-corrected chi connectivity index (χ1v) is 7.00. The minimum absolute atomic E-state index is 0.0403. The van der Waals surface area contributed by atoms with Crippen LogP contribution in [0.25, 0.3) is 10.9 Å². The SMILES string of the molecule is O=C(O)CC1CCN(C(=O)c2ccnc3ccccc23)C1. The van der Waals surface area contributed by atoms with Gasteiger partial charge in [0.25, 0.3) is 5.91 Å². The number of carbonyl (C=O) groups is 2. The topological polar surface area (TPSA) is 70.5 Å². The molecule has 2 heterocycles. The number of amides is 1. The molecule has 1 saturated heterocycles. The van der Waals surface area contributed by atoms with Crippen molar-refractivity contribution >= 4 is 22.8 Å². The van der Waals surface area contributed by atoms with E-state index < -0.39 is 5.97 Å². The number of aromatic nitrogens is 1. The summed E-state index contributed by atoms with van der Waals surface area (Å²) in [6.07, 6.45) is 2.52. The van der Waals surface area contributed by atoms with Crippen LogP contribution in [0.4, 0.5) is 0 Å². The summed E-state index contributed by atoms with van der Waals surface area (Å²) >= 11 is 0. The van der Waals surface area contributed by atoms with Gasteiger partial charge in [0.2, 0.25) is 0 Å². The zero-order chi connectivity index (χ0) is 14.8. The number of likely N-dealkylation sites (tertiary alicyclic amines) is 1. The summed E-state index contributed by atoms with van der Waals surface area (Å²) in [5.74, 6) is -0.787. The third kappa shape index (κ3) is 2.72. The maximum Gasteiger partial charge on any atom is 0.303 e. The molecule has 1 atom stereocenters. The number of nitrogens with zero attached hydrogens (tertiary/aromatic N) is 2. The molecule has 2 aromatic rings. The largest absolute Gasteiger partial charge is 0.481 e. The van der Waals surface area contributed by atoms with Gasteiger partial charge in [0.15, 0.2) is 0 Å². The molecule has 1 amide bonds. The summed E-state index contributed by atoms with van der Waals surface area (Å²) < 4.78 is 0. The van der Waals surface area contributed by atoms with E-state index in [0.717, 1.165) is 17.3 Å². The fourth-order valence-electron chi connectivity index (χ4n) is 2.88. The number of hydrogen-bond donors (Lipinski definition) is 1. The van der Waals surface area contributed by atoms with Crippen molar-refractivity contribution in [1.82, 2.24) is 9.88 Å². The van der Waals surface area contributed by atoms with Gasteiger partial charge in [-0.15, -0.1) is 0 Å². The van der Waals surface area contributed by atoms with E-state index in [9.17, 15) is 9.59 Å². The Morgan fingerprint density at radius 3 is 2.90 bits per heavy atom. The minimum Gasteiger partial charge on any atom is -0.481 e. The van der Waals surface area contributed by atoms with Gasteiger partial charge in [0.1, 0.15) is 0 Å². The highest BCUT2D eigenvalue weighted by molar-refractivity contribution is 6.06. The summed E-state index contributed by atoms with van der Waals surface area (Å²) in [6.45, 7) is 1.13. The Balaban J connectivity index is 1.83. The Labute approximate surface area is 122 Å². The molecule has 3 rings (SSSR count). The van der Waals surface area contributed by atoms with Crippen LogP contribution in [0.1, 0.15) is 23.2 Å². The lowest BCUT2D eigenvalue weighted by Crippen LogP contribution is -2.29. The third-order valence-electron chi connectivity index (χ3n) is 3.92. The van der Waals surface area contributed by atoms with Gasteiger partial charge in [0, 0.05) is 31.1 Å². The van der Waals surface area contributed by atoms with Gasteiger partial charge in [0.05, 0.1) is 11.1 Å². The Hall–Kier alpha value is -2.43. The van der Waals surface area contributed by atoms with Crippen LogP contribution in [0.2, 0.25) is 0 Å². The van der Waals surface area contributed by atoms with E-state index in [0.29, 0.717) is 18.7 Å². The first kappa shape index (κ1) is 13.5. The summed E-state index contributed by atoms with van der Waals surface area (Å²) in [4.78, 5) is 29.4. The molecule has 0 aliphatic carbocycles. The number of carbonyl (C=O) groups excluding carboxylic acids is 1. The smallest absolute Gasteiger partial charge is 0.303 e. The molecule has 1 fully saturated rings. The maximum atomic E-state index is 12.6. The molecule has 1 aromatic heterocycles. The molecular weight excluding hydrogens is 268 g/mol. The summed E-state index contributed by atoms with van der Waals surface area (Å²) in [5.41, 5.74) is 1.43. The van der Waals surface area contributed by atoms with Gasteiger partial charge in [-0.1, -0.05) is 18.2 Å². The van der Waals surface area contributed by atoms with Gasteiger partial charge >= 0.3 is 5.97 Å². The number of carboxylic acid groups (broad SMARTS) is 1. The lowest BCUT2D eigenvalue weighted by molar-refractivity contribution is -0.138. The number of benzene rings is 1. The molecule has 108 valence electrons. The molecule has 0 saturated carbocycles. The van der Waals surface area contributed by atoms with Gasteiger partial charge in [-0.05, 0) is 24.5 Å². The fourth-order valence-corrected chi connectivity index (χ4v) is 2.88. The van der Waals surface area contributed by atoms with Crippen LogP contribution < -0.4 is 0 Å². The minimum atomic E-state index is -0.802. The second-order valence-electron chi connectivity index (χ2n) is 5.38. The van der Waals surface area contributed by atoms with Gasteiger partial charge in [-0.25, -0.2) is 0 Å². The number of carboxylic acids is 1. The number of aliphatic carboxylic acids is 1. The number of para-hydroxylation sites is 1. The molecule has 0 spiro atoms.